The SMILES string of the molecule is CCOc1cc(/C=N/NC(=O)C(NC(=O)c2ccc(F)cc2)C(C)C)cc(Br)c1OC. The predicted molar refractivity (Wildman–Crippen MR) is 120 cm³/mol. The van der Waals surface area contributed by atoms with Crippen LogP contribution in [0.5, 0.6) is 11.5 Å². The first-order chi connectivity index (χ1) is 14.8. The minimum atomic E-state index is -0.823. The van der Waals surface area contributed by atoms with E-state index >= 15 is 0 Å². The highest BCUT2D eigenvalue weighted by Crippen LogP contribution is 2.36. The van der Waals surface area contributed by atoms with Gasteiger partial charge in [-0.1, -0.05) is 13.8 Å². The summed E-state index contributed by atoms with van der Waals surface area (Å²) < 4.78 is 24.6. The smallest absolute Gasteiger partial charge is 0.262 e. The van der Waals surface area contributed by atoms with Gasteiger partial charge < -0.3 is 14.8 Å². The molecule has 7 nitrogen and oxygen atoms in total. The molecule has 2 aromatic rings. The maximum Gasteiger partial charge on any atom is 0.262 e. The minimum Gasteiger partial charge on any atom is -0.492 e. The number of hydrogen-bond acceptors (Lipinski definition) is 5. The number of carbonyl (C=O) groups is 2. The molecule has 2 N–H and O–H groups in total. The average Bonchev–Trinajstić information content (AvgIpc) is 2.72. The van der Waals surface area contributed by atoms with Crippen molar-refractivity contribution in [3.05, 3.63) is 57.8 Å². The third kappa shape index (κ3) is 6.78. The summed E-state index contributed by atoms with van der Waals surface area (Å²) >= 11 is 3.42. The van der Waals surface area contributed by atoms with Crippen molar-refractivity contribution in [3.8, 4) is 11.5 Å². The molecule has 0 aliphatic rings. The van der Waals surface area contributed by atoms with Gasteiger partial charge in [0, 0.05) is 5.56 Å². The van der Waals surface area contributed by atoms with Gasteiger partial charge in [-0.25, -0.2) is 9.82 Å². The Morgan fingerprint density at radius 2 is 1.90 bits per heavy atom. The summed E-state index contributed by atoms with van der Waals surface area (Å²) in [4.78, 5) is 25.0. The fourth-order valence-electron chi connectivity index (χ4n) is 2.72. The summed E-state index contributed by atoms with van der Waals surface area (Å²) in [5.41, 5.74) is 3.38. The fourth-order valence-corrected chi connectivity index (χ4v) is 3.35. The number of hydrogen-bond donors (Lipinski definition) is 2. The Morgan fingerprint density at radius 3 is 2.48 bits per heavy atom. The average molecular weight is 494 g/mol. The number of halogens is 2. The van der Waals surface area contributed by atoms with Gasteiger partial charge in [-0.15, -0.1) is 0 Å². The van der Waals surface area contributed by atoms with Crippen LogP contribution in [0.4, 0.5) is 4.39 Å². The highest BCUT2D eigenvalue weighted by Gasteiger charge is 2.24. The highest BCUT2D eigenvalue weighted by atomic mass is 79.9. The van der Waals surface area contributed by atoms with Gasteiger partial charge in [-0.05, 0) is 70.7 Å². The van der Waals surface area contributed by atoms with Crippen molar-refractivity contribution in [1.82, 2.24) is 10.7 Å². The van der Waals surface area contributed by atoms with Crippen molar-refractivity contribution in [3.63, 3.8) is 0 Å². The molecule has 0 aliphatic heterocycles. The summed E-state index contributed by atoms with van der Waals surface area (Å²) in [5, 5.41) is 6.65. The number of carbonyl (C=O) groups excluding carboxylic acids is 2. The van der Waals surface area contributed by atoms with Gasteiger partial charge in [0.25, 0.3) is 11.8 Å². The second-order valence-corrected chi connectivity index (χ2v) is 7.76. The number of rotatable bonds is 9. The predicted octanol–water partition coefficient (Wildman–Crippen LogP) is 3.90. The molecule has 0 saturated heterocycles. The number of hydrazone groups is 1. The first-order valence-electron chi connectivity index (χ1n) is 9.66. The highest BCUT2D eigenvalue weighted by molar-refractivity contribution is 9.10. The Morgan fingerprint density at radius 1 is 1.23 bits per heavy atom. The van der Waals surface area contributed by atoms with Crippen LogP contribution in [0.15, 0.2) is 46.0 Å². The van der Waals surface area contributed by atoms with E-state index in [-0.39, 0.29) is 11.5 Å². The standard InChI is InChI=1S/C22H25BrFN3O4/c1-5-31-18-11-14(10-17(23)20(18)30-4)12-25-27-22(29)19(13(2)3)26-21(28)15-6-8-16(24)9-7-15/h6-13,19H,5H2,1-4H3,(H,26,28)(H,27,29)/b25-12+. The summed E-state index contributed by atoms with van der Waals surface area (Å²) in [6, 6.07) is 7.77. The molecule has 2 aromatic carbocycles. The van der Waals surface area contributed by atoms with Crippen molar-refractivity contribution in [1.29, 1.82) is 0 Å². The number of amides is 2. The third-order valence-corrected chi connectivity index (χ3v) is 4.86. The topological polar surface area (TPSA) is 89.0 Å². The van der Waals surface area contributed by atoms with Crippen LogP contribution < -0.4 is 20.2 Å². The molecule has 0 spiro atoms. The minimum absolute atomic E-state index is 0.195. The van der Waals surface area contributed by atoms with E-state index < -0.39 is 23.7 Å². The van der Waals surface area contributed by atoms with Crippen molar-refractivity contribution in [2.24, 2.45) is 11.0 Å². The summed E-state index contributed by atoms with van der Waals surface area (Å²) in [6.45, 7) is 5.92. The Kier molecular flexibility index (Phi) is 8.99. The Hall–Kier alpha value is -2.94. The van der Waals surface area contributed by atoms with Gasteiger partial charge in [-0.3, -0.25) is 9.59 Å². The number of benzene rings is 2. The Labute approximate surface area is 189 Å². The molecule has 1 atom stereocenters. The second kappa shape index (κ2) is 11.5. The number of nitrogens with one attached hydrogen (secondary N) is 2. The molecule has 0 saturated carbocycles. The van der Waals surface area contributed by atoms with E-state index in [1.54, 1.807) is 33.1 Å². The third-order valence-electron chi connectivity index (χ3n) is 4.27. The normalized spacial score (nSPS) is 12.0. The molecule has 31 heavy (non-hydrogen) atoms. The molecular formula is C22H25BrFN3O4. The molecule has 0 aliphatic carbocycles. The fraction of sp³-hybridized carbons (Fsp3) is 0.318. The van der Waals surface area contributed by atoms with Crippen LogP contribution >= 0.6 is 15.9 Å². The summed E-state index contributed by atoms with van der Waals surface area (Å²) in [6.07, 6.45) is 1.46. The van der Waals surface area contributed by atoms with Crippen LogP contribution in [0.25, 0.3) is 0 Å². The molecule has 166 valence electrons. The first kappa shape index (κ1) is 24.3. The zero-order valence-electron chi connectivity index (χ0n) is 17.7. The molecule has 0 heterocycles. The molecule has 2 rings (SSSR count). The van der Waals surface area contributed by atoms with E-state index in [9.17, 15) is 14.0 Å². The Bertz CT molecular complexity index is 949. The molecule has 0 fully saturated rings. The maximum absolute atomic E-state index is 13.1. The van der Waals surface area contributed by atoms with E-state index in [2.05, 4.69) is 31.8 Å². The van der Waals surface area contributed by atoms with Gasteiger partial charge >= 0.3 is 0 Å². The monoisotopic (exact) mass is 493 g/mol. The van der Waals surface area contributed by atoms with Crippen LogP contribution in [0.3, 0.4) is 0 Å². The maximum atomic E-state index is 13.1. The van der Waals surface area contributed by atoms with Crippen LogP contribution in [0.1, 0.15) is 36.7 Å². The van der Waals surface area contributed by atoms with Gasteiger partial charge in [0.15, 0.2) is 11.5 Å². The van der Waals surface area contributed by atoms with Crippen molar-refractivity contribution >= 4 is 34.0 Å². The van der Waals surface area contributed by atoms with Gasteiger partial charge in [-0.2, -0.15) is 5.10 Å². The first-order valence-corrected chi connectivity index (χ1v) is 10.5. The molecule has 0 bridgehead atoms. The van der Waals surface area contributed by atoms with Crippen LogP contribution in [-0.2, 0) is 4.79 Å². The van der Waals surface area contributed by atoms with E-state index in [1.165, 1.54) is 30.5 Å². The largest absolute Gasteiger partial charge is 0.492 e. The molecule has 0 aromatic heterocycles. The van der Waals surface area contributed by atoms with E-state index in [4.69, 9.17) is 9.47 Å². The number of ether oxygens (including phenoxy) is 2. The molecular weight excluding hydrogens is 469 g/mol. The molecule has 0 radical (unpaired) electrons. The van der Waals surface area contributed by atoms with Gasteiger partial charge in [0.2, 0.25) is 0 Å². The molecule has 2 amide bonds. The van der Waals surface area contributed by atoms with Crippen LogP contribution in [0, 0.1) is 11.7 Å². The zero-order valence-corrected chi connectivity index (χ0v) is 19.3. The number of nitrogens with zero attached hydrogens (tertiary/aromatic N) is 1. The lowest BCUT2D eigenvalue weighted by Gasteiger charge is -2.20. The second-order valence-electron chi connectivity index (χ2n) is 6.90. The van der Waals surface area contributed by atoms with Gasteiger partial charge in [0.05, 0.1) is 24.4 Å². The van der Waals surface area contributed by atoms with Crippen molar-refractivity contribution < 1.29 is 23.5 Å². The lowest BCUT2D eigenvalue weighted by Crippen LogP contribution is -2.48. The zero-order chi connectivity index (χ0) is 23.0. The van der Waals surface area contributed by atoms with Crippen molar-refractivity contribution in [2.75, 3.05) is 13.7 Å². The quantitative estimate of drug-likeness (QED) is 0.409. The van der Waals surface area contributed by atoms with E-state index in [1.807, 2.05) is 6.92 Å². The van der Waals surface area contributed by atoms with Crippen molar-refractivity contribution in [2.45, 2.75) is 26.8 Å². The lowest BCUT2D eigenvalue weighted by atomic mass is 10.0. The summed E-state index contributed by atoms with van der Waals surface area (Å²) in [7, 11) is 1.54. The van der Waals surface area contributed by atoms with Gasteiger partial charge in [0.1, 0.15) is 11.9 Å². The molecule has 1 unspecified atom stereocenters. The molecule has 9 heteroatoms. The van der Waals surface area contributed by atoms with Crippen LogP contribution in [-0.4, -0.2) is 37.8 Å². The van der Waals surface area contributed by atoms with E-state index in [0.29, 0.717) is 28.1 Å². The number of methoxy groups -OCH3 is 1. The van der Waals surface area contributed by atoms with Crippen LogP contribution in [0.2, 0.25) is 0 Å². The Balaban J connectivity index is 2.08. The van der Waals surface area contributed by atoms with E-state index in [0.717, 1.165) is 0 Å². The lowest BCUT2D eigenvalue weighted by molar-refractivity contribution is -0.123. The summed E-state index contributed by atoms with van der Waals surface area (Å²) in [5.74, 6) is -0.483.